The summed E-state index contributed by atoms with van der Waals surface area (Å²) in [4.78, 5) is 26.0. The topological polar surface area (TPSA) is 81.9 Å². The number of piperidine rings is 1. The maximum Gasteiger partial charge on any atom is 0.253 e. The van der Waals surface area contributed by atoms with Gasteiger partial charge in [-0.15, -0.1) is 0 Å². The molecule has 0 atom stereocenters. The second-order valence-electron chi connectivity index (χ2n) is 8.30. The number of ether oxygens (including phenoxy) is 2. The molecule has 170 valence electrons. The molecule has 6 heteroatoms. The summed E-state index contributed by atoms with van der Waals surface area (Å²) in [6, 6.07) is 22.0. The van der Waals surface area contributed by atoms with Crippen molar-refractivity contribution < 1.29 is 19.1 Å². The van der Waals surface area contributed by atoms with E-state index in [0.29, 0.717) is 28.5 Å². The number of amides is 2. The van der Waals surface area contributed by atoms with Gasteiger partial charge in [-0.2, -0.15) is 0 Å². The zero-order chi connectivity index (χ0) is 23.2. The van der Waals surface area contributed by atoms with Crippen LogP contribution in [0.1, 0.15) is 39.1 Å². The van der Waals surface area contributed by atoms with Gasteiger partial charge >= 0.3 is 0 Å². The van der Waals surface area contributed by atoms with Crippen LogP contribution in [-0.2, 0) is 6.42 Å². The average Bonchev–Trinajstić information content (AvgIpc) is 2.85. The SMILES string of the molecule is COc1ccc(CC2CCN(C(=O)c3ccc(Oc4ccc(C(N)=O)cc4)cc3)CC2)cc1. The fourth-order valence-corrected chi connectivity index (χ4v) is 4.11. The molecule has 3 aromatic rings. The molecule has 2 amide bonds. The quantitative estimate of drug-likeness (QED) is 0.574. The Balaban J connectivity index is 1.29. The van der Waals surface area contributed by atoms with Crippen molar-refractivity contribution in [1.29, 1.82) is 0 Å². The number of benzene rings is 3. The molecule has 0 radical (unpaired) electrons. The van der Waals surface area contributed by atoms with E-state index in [1.807, 2.05) is 17.0 Å². The van der Waals surface area contributed by atoms with E-state index in [1.54, 1.807) is 55.6 Å². The Morgan fingerprint density at radius 2 is 1.33 bits per heavy atom. The first kappa shape index (κ1) is 22.4. The molecule has 3 aromatic carbocycles. The standard InChI is InChI=1S/C27H28N2O4/c1-32-23-8-2-19(3-9-23)18-20-14-16-29(17-15-20)27(31)22-6-12-25(13-7-22)33-24-10-4-21(5-11-24)26(28)30/h2-13,20H,14-18H2,1H3,(H2,28,30). The molecule has 0 saturated carbocycles. The van der Waals surface area contributed by atoms with Crippen LogP contribution in [0.3, 0.4) is 0 Å². The molecular formula is C27H28N2O4. The first-order valence-electron chi connectivity index (χ1n) is 11.1. The van der Waals surface area contributed by atoms with Gasteiger partial charge in [-0.1, -0.05) is 12.1 Å². The minimum Gasteiger partial charge on any atom is -0.497 e. The summed E-state index contributed by atoms with van der Waals surface area (Å²) in [7, 11) is 1.67. The van der Waals surface area contributed by atoms with Crippen LogP contribution in [0, 0.1) is 5.92 Å². The number of likely N-dealkylation sites (tertiary alicyclic amines) is 1. The number of nitrogens with two attached hydrogens (primary N) is 1. The van der Waals surface area contributed by atoms with Crippen LogP contribution in [0.25, 0.3) is 0 Å². The van der Waals surface area contributed by atoms with Gasteiger partial charge in [0.15, 0.2) is 0 Å². The van der Waals surface area contributed by atoms with Crippen molar-refractivity contribution in [1.82, 2.24) is 4.90 Å². The lowest BCUT2D eigenvalue weighted by Crippen LogP contribution is -2.38. The lowest BCUT2D eigenvalue weighted by molar-refractivity contribution is 0.0690. The van der Waals surface area contributed by atoms with Crippen molar-refractivity contribution in [3.63, 3.8) is 0 Å². The minimum absolute atomic E-state index is 0.0512. The van der Waals surface area contributed by atoms with Crippen molar-refractivity contribution in [2.45, 2.75) is 19.3 Å². The Kier molecular flexibility index (Phi) is 6.93. The number of hydrogen-bond acceptors (Lipinski definition) is 4. The van der Waals surface area contributed by atoms with Crippen LogP contribution in [0.15, 0.2) is 72.8 Å². The monoisotopic (exact) mass is 444 g/mol. The van der Waals surface area contributed by atoms with E-state index in [-0.39, 0.29) is 5.91 Å². The molecule has 0 spiro atoms. The Morgan fingerprint density at radius 1 is 0.818 bits per heavy atom. The lowest BCUT2D eigenvalue weighted by atomic mass is 9.90. The first-order valence-corrected chi connectivity index (χ1v) is 11.1. The fraction of sp³-hybridized carbons (Fsp3) is 0.259. The van der Waals surface area contributed by atoms with Crippen LogP contribution < -0.4 is 15.2 Å². The van der Waals surface area contributed by atoms with Gasteiger partial charge in [0.05, 0.1) is 7.11 Å². The molecule has 1 aliphatic heterocycles. The second kappa shape index (κ2) is 10.2. The zero-order valence-corrected chi connectivity index (χ0v) is 18.7. The van der Waals surface area contributed by atoms with Gasteiger partial charge in [-0.25, -0.2) is 0 Å². The predicted molar refractivity (Wildman–Crippen MR) is 127 cm³/mol. The maximum atomic E-state index is 12.9. The van der Waals surface area contributed by atoms with E-state index in [9.17, 15) is 9.59 Å². The number of methoxy groups -OCH3 is 1. The fourth-order valence-electron chi connectivity index (χ4n) is 4.11. The van der Waals surface area contributed by atoms with Gasteiger partial charge < -0.3 is 20.1 Å². The van der Waals surface area contributed by atoms with Crippen molar-refractivity contribution in [3.8, 4) is 17.2 Å². The summed E-state index contributed by atoms with van der Waals surface area (Å²) >= 11 is 0. The lowest BCUT2D eigenvalue weighted by Gasteiger charge is -2.32. The summed E-state index contributed by atoms with van der Waals surface area (Å²) in [5.41, 5.74) is 7.64. The van der Waals surface area contributed by atoms with Crippen LogP contribution in [0.4, 0.5) is 0 Å². The third-order valence-electron chi connectivity index (χ3n) is 6.06. The molecule has 6 nitrogen and oxygen atoms in total. The van der Waals surface area contributed by atoms with Crippen molar-refractivity contribution in [3.05, 3.63) is 89.5 Å². The first-order chi connectivity index (χ1) is 16.0. The van der Waals surface area contributed by atoms with Gasteiger partial charge in [0.2, 0.25) is 5.91 Å². The Morgan fingerprint density at radius 3 is 1.85 bits per heavy atom. The highest BCUT2D eigenvalue weighted by Gasteiger charge is 2.24. The number of hydrogen-bond donors (Lipinski definition) is 1. The number of carbonyl (C=O) groups is 2. The summed E-state index contributed by atoms with van der Waals surface area (Å²) in [5.74, 6) is 2.25. The summed E-state index contributed by atoms with van der Waals surface area (Å²) in [5, 5.41) is 0. The smallest absolute Gasteiger partial charge is 0.253 e. The summed E-state index contributed by atoms with van der Waals surface area (Å²) in [6.45, 7) is 1.54. The summed E-state index contributed by atoms with van der Waals surface area (Å²) < 4.78 is 11.0. The number of rotatable bonds is 7. The van der Waals surface area contributed by atoms with E-state index < -0.39 is 5.91 Å². The van der Waals surface area contributed by atoms with Crippen LogP contribution in [0.2, 0.25) is 0 Å². The molecule has 1 heterocycles. The summed E-state index contributed by atoms with van der Waals surface area (Å²) in [6.07, 6.45) is 3.03. The van der Waals surface area contributed by atoms with Gasteiger partial charge in [0, 0.05) is 24.2 Å². The van der Waals surface area contributed by atoms with Crippen LogP contribution in [-0.4, -0.2) is 36.9 Å². The molecule has 0 bridgehead atoms. The normalized spacial score (nSPS) is 14.0. The average molecular weight is 445 g/mol. The molecule has 0 aromatic heterocycles. The molecule has 1 saturated heterocycles. The highest BCUT2D eigenvalue weighted by Crippen LogP contribution is 2.26. The molecule has 0 aliphatic carbocycles. The molecular weight excluding hydrogens is 416 g/mol. The molecule has 0 unspecified atom stereocenters. The molecule has 33 heavy (non-hydrogen) atoms. The van der Waals surface area contributed by atoms with Crippen LogP contribution >= 0.6 is 0 Å². The van der Waals surface area contributed by atoms with Crippen LogP contribution in [0.5, 0.6) is 17.2 Å². The molecule has 2 N–H and O–H groups in total. The van der Waals surface area contributed by atoms with Gasteiger partial charge in [0.1, 0.15) is 17.2 Å². The van der Waals surface area contributed by atoms with E-state index in [2.05, 4.69) is 12.1 Å². The Labute approximate surface area is 193 Å². The van der Waals surface area contributed by atoms with E-state index in [4.69, 9.17) is 15.2 Å². The zero-order valence-electron chi connectivity index (χ0n) is 18.7. The second-order valence-corrected chi connectivity index (χ2v) is 8.30. The third kappa shape index (κ3) is 5.71. The largest absolute Gasteiger partial charge is 0.497 e. The third-order valence-corrected chi connectivity index (χ3v) is 6.06. The number of carbonyl (C=O) groups excluding carboxylic acids is 2. The van der Waals surface area contributed by atoms with E-state index >= 15 is 0 Å². The van der Waals surface area contributed by atoms with Gasteiger partial charge in [-0.3, -0.25) is 9.59 Å². The van der Waals surface area contributed by atoms with Gasteiger partial charge in [0.25, 0.3) is 5.91 Å². The molecule has 1 aliphatic rings. The number of primary amides is 1. The van der Waals surface area contributed by atoms with Gasteiger partial charge in [-0.05, 0) is 91.4 Å². The highest BCUT2D eigenvalue weighted by molar-refractivity contribution is 5.94. The minimum atomic E-state index is -0.478. The predicted octanol–water partition coefficient (Wildman–Crippen LogP) is 4.68. The number of nitrogens with zero attached hydrogens (tertiary/aromatic N) is 1. The van der Waals surface area contributed by atoms with Crippen molar-refractivity contribution >= 4 is 11.8 Å². The van der Waals surface area contributed by atoms with E-state index in [1.165, 1.54) is 5.56 Å². The van der Waals surface area contributed by atoms with Crippen molar-refractivity contribution in [2.75, 3.05) is 20.2 Å². The Hall–Kier alpha value is -3.80. The highest BCUT2D eigenvalue weighted by atomic mass is 16.5. The van der Waals surface area contributed by atoms with E-state index in [0.717, 1.165) is 38.1 Å². The maximum absolute atomic E-state index is 12.9. The molecule has 1 fully saturated rings. The molecule has 4 rings (SSSR count). The van der Waals surface area contributed by atoms with Crippen molar-refractivity contribution in [2.24, 2.45) is 11.7 Å². The Bertz CT molecular complexity index is 1080.